The number of nitrogens with two attached hydrogens (primary N) is 1. The molecule has 228 valence electrons. The molecular weight excluding hydrogens is 578 g/mol. The van der Waals surface area contributed by atoms with Gasteiger partial charge in [0.15, 0.2) is 5.82 Å². The standard InChI is InChI=1S/C27H35ClN6O3S.C2H5NO/c1-16(2)38(35,36)26-23(15-34(4)33-26)30-25-21(28)14-29-27(32-25)31-22-12-17(3)20(18-8-6-5-7-9-18)13-24(22)37-19-10-11-19;1-2(3)4/h12-16,18-19H,5-11H2,1-4H3,(H2,29,30,31,32);1H3,(H2,3,4). The van der Waals surface area contributed by atoms with Crippen LogP contribution in [0.5, 0.6) is 5.75 Å². The maximum Gasteiger partial charge on any atom is 0.229 e. The van der Waals surface area contributed by atoms with Gasteiger partial charge in [0.2, 0.25) is 26.7 Å². The van der Waals surface area contributed by atoms with Crippen LogP contribution in [-0.4, -0.2) is 45.4 Å². The SMILES string of the molecule is CC(N)=O.Cc1cc(Nc2ncc(Cl)c(Nc3cn(C)nc3S(=O)(=O)C(C)C)n2)c(OC2CC2)cc1C1CCCCC1. The van der Waals surface area contributed by atoms with Gasteiger partial charge in [-0.25, -0.2) is 13.4 Å². The number of sulfone groups is 1. The Morgan fingerprint density at radius 3 is 2.40 bits per heavy atom. The van der Waals surface area contributed by atoms with E-state index in [1.54, 1.807) is 27.1 Å². The van der Waals surface area contributed by atoms with Crippen LogP contribution in [-0.2, 0) is 21.7 Å². The minimum Gasteiger partial charge on any atom is -0.488 e. The first kappa shape index (κ1) is 31.6. The third-order valence-electron chi connectivity index (χ3n) is 7.16. The van der Waals surface area contributed by atoms with Gasteiger partial charge >= 0.3 is 0 Å². The molecule has 42 heavy (non-hydrogen) atoms. The van der Waals surface area contributed by atoms with E-state index in [0.717, 1.165) is 24.3 Å². The molecule has 11 nitrogen and oxygen atoms in total. The lowest BCUT2D eigenvalue weighted by Crippen LogP contribution is -2.16. The Morgan fingerprint density at radius 2 is 1.79 bits per heavy atom. The van der Waals surface area contributed by atoms with Crippen molar-refractivity contribution >= 4 is 50.5 Å². The van der Waals surface area contributed by atoms with E-state index in [4.69, 9.17) is 16.3 Å². The van der Waals surface area contributed by atoms with Crippen LogP contribution in [0.1, 0.15) is 82.8 Å². The molecule has 1 amide bonds. The minimum atomic E-state index is -3.62. The number of ether oxygens (including phenoxy) is 1. The highest BCUT2D eigenvalue weighted by Gasteiger charge is 2.28. The van der Waals surface area contributed by atoms with Gasteiger partial charge in [0.05, 0.1) is 28.9 Å². The van der Waals surface area contributed by atoms with Crippen LogP contribution in [0.25, 0.3) is 0 Å². The van der Waals surface area contributed by atoms with Crippen molar-refractivity contribution < 1.29 is 17.9 Å². The molecule has 3 aromatic rings. The summed E-state index contributed by atoms with van der Waals surface area (Å²) in [6.07, 6.45) is 11.7. The lowest BCUT2D eigenvalue weighted by atomic mass is 9.82. The van der Waals surface area contributed by atoms with Crippen molar-refractivity contribution in [2.75, 3.05) is 10.6 Å². The molecule has 4 N–H and O–H groups in total. The lowest BCUT2D eigenvalue weighted by Gasteiger charge is -2.25. The lowest BCUT2D eigenvalue weighted by molar-refractivity contribution is -0.115. The molecule has 2 heterocycles. The Kier molecular flexibility index (Phi) is 9.98. The number of hydrogen-bond donors (Lipinski definition) is 3. The van der Waals surface area contributed by atoms with Crippen LogP contribution in [0.3, 0.4) is 0 Å². The molecule has 2 fully saturated rings. The molecule has 13 heteroatoms. The molecule has 5 rings (SSSR count). The molecule has 0 unspecified atom stereocenters. The van der Waals surface area contributed by atoms with E-state index in [1.165, 1.54) is 61.0 Å². The zero-order valence-corrected chi connectivity index (χ0v) is 26.3. The summed E-state index contributed by atoms with van der Waals surface area (Å²) in [5.74, 6) is 1.64. The molecule has 0 bridgehead atoms. The molecule has 0 saturated heterocycles. The Labute approximate surface area is 252 Å². The maximum atomic E-state index is 12.8. The van der Waals surface area contributed by atoms with Crippen molar-refractivity contribution in [2.24, 2.45) is 12.8 Å². The van der Waals surface area contributed by atoms with Gasteiger partial charge in [0.25, 0.3) is 0 Å². The molecule has 0 aliphatic heterocycles. The Balaban J connectivity index is 0.000000952. The Morgan fingerprint density at radius 1 is 1.12 bits per heavy atom. The molecule has 0 radical (unpaired) electrons. The first-order valence-corrected chi connectivity index (χ1v) is 16.2. The van der Waals surface area contributed by atoms with Crippen LogP contribution in [0, 0.1) is 6.92 Å². The molecular formula is C29H40ClN7O4S. The number of amides is 1. The van der Waals surface area contributed by atoms with Crippen molar-refractivity contribution in [2.45, 2.75) is 94.9 Å². The summed E-state index contributed by atoms with van der Waals surface area (Å²) in [5.41, 5.74) is 8.15. The van der Waals surface area contributed by atoms with Crippen molar-refractivity contribution in [1.29, 1.82) is 0 Å². The number of carbonyl (C=O) groups excluding carboxylic acids is 1. The van der Waals surface area contributed by atoms with Gasteiger partial charge in [-0.2, -0.15) is 10.1 Å². The number of benzene rings is 1. The largest absolute Gasteiger partial charge is 0.488 e. The fraction of sp³-hybridized carbons (Fsp3) is 0.517. The number of nitrogens with one attached hydrogen (secondary N) is 2. The number of hydrogen-bond acceptors (Lipinski definition) is 9. The summed E-state index contributed by atoms with van der Waals surface area (Å²) in [5, 5.41) is 10.1. The summed E-state index contributed by atoms with van der Waals surface area (Å²) < 4.78 is 33.4. The van der Waals surface area contributed by atoms with Crippen LogP contribution in [0.2, 0.25) is 5.02 Å². The van der Waals surface area contributed by atoms with Gasteiger partial charge in [0.1, 0.15) is 10.8 Å². The number of carbonyl (C=O) groups is 1. The zero-order valence-electron chi connectivity index (χ0n) is 24.8. The quantitative estimate of drug-likeness (QED) is 0.265. The normalized spacial score (nSPS) is 15.6. The van der Waals surface area contributed by atoms with Crippen LogP contribution in [0.4, 0.5) is 23.1 Å². The third-order valence-corrected chi connectivity index (χ3v) is 9.52. The number of halogens is 1. The smallest absolute Gasteiger partial charge is 0.229 e. The van der Waals surface area contributed by atoms with Crippen LogP contribution >= 0.6 is 11.6 Å². The average Bonchev–Trinajstić information content (AvgIpc) is 3.66. The van der Waals surface area contributed by atoms with E-state index in [0.29, 0.717) is 17.6 Å². The molecule has 2 aliphatic rings. The van der Waals surface area contributed by atoms with E-state index in [1.807, 2.05) is 0 Å². The van der Waals surface area contributed by atoms with Crippen LogP contribution < -0.4 is 21.1 Å². The number of nitrogens with zero attached hydrogens (tertiary/aromatic N) is 4. The van der Waals surface area contributed by atoms with Gasteiger partial charge in [-0.3, -0.25) is 9.48 Å². The molecule has 2 aliphatic carbocycles. The first-order valence-electron chi connectivity index (χ1n) is 14.3. The fourth-order valence-corrected chi connectivity index (χ4v) is 6.11. The predicted molar refractivity (Wildman–Crippen MR) is 165 cm³/mol. The highest BCUT2D eigenvalue weighted by atomic mass is 35.5. The monoisotopic (exact) mass is 617 g/mol. The van der Waals surface area contributed by atoms with Crippen molar-refractivity contribution in [1.82, 2.24) is 19.7 Å². The number of rotatable bonds is 9. The minimum absolute atomic E-state index is 0.0479. The van der Waals surface area contributed by atoms with Crippen molar-refractivity contribution in [3.05, 3.63) is 40.7 Å². The average molecular weight is 618 g/mol. The van der Waals surface area contributed by atoms with Crippen molar-refractivity contribution in [3.63, 3.8) is 0 Å². The van der Waals surface area contributed by atoms with E-state index in [2.05, 4.69) is 50.5 Å². The maximum absolute atomic E-state index is 12.8. The van der Waals surface area contributed by atoms with E-state index < -0.39 is 15.1 Å². The summed E-state index contributed by atoms with van der Waals surface area (Å²) >= 11 is 6.41. The second-order valence-corrected chi connectivity index (χ2v) is 14.0. The van der Waals surface area contributed by atoms with Gasteiger partial charge in [-0.15, -0.1) is 0 Å². The van der Waals surface area contributed by atoms with E-state index in [-0.39, 0.29) is 27.9 Å². The number of aromatic nitrogens is 4. The number of primary amides is 1. The third kappa shape index (κ3) is 7.91. The molecule has 0 atom stereocenters. The molecule has 0 spiro atoms. The Bertz CT molecular complexity index is 1530. The van der Waals surface area contributed by atoms with Gasteiger partial charge in [-0.1, -0.05) is 30.9 Å². The zero-order chi connectivity index (χ0) is 30.6. The summed E-state index contributed by atoms with van der Waals surface area (Å²) in [7, 11) is -1.95. The van der Waals surface area contributed by atoms with Gasteiger partial charge in [0, 0.05) is 20.2 Å². The van der Waals surface area contributed by atoms with E-state index >= 15 is 0 Å². The van der Waals surface area contributed by atoms with Crippen molar-refractivity contribution in [3.8, 4) is 5.75 Å². The summed E-state index contributed by atoms with van der Waals surface area (Å²) in [6, 6.07) is 4.31. The highest BCUT2D eigenvalue weighted by molar-refractivity contribution is 7.92. The Hall–Kier alpha value is -3.38. The number of aryl methyl sites for hydroxylation is 2. The molecule has 2 aromatic heterocycles. The van der Waals surface area contributed by atoms with Crippen LogP contribution in [0.15, 0.2) is 29.6 Å². The van der Waals surface area contributed by atoms with Gasteiger partial charge < -0.3 is 21.1 Å². The molecule has 1 aromatic carbocycles. The summed E-state index contributed by atoms with van der Waals surface area (Å²) in [4.78, 5) is 18.2. The summed E-state index contributed by atoms with van der Waals surface area (Å²) in [6.45, 7) is 6.69. The first-order chi connectivity index (χ1) is 19.8. The predicted octanol–water partition coefficient (Wildman–Crippen LogP) is 5.92. The highest BCUT2D eigenvalue weighted by Crippen LogP contribution is 2.41. The second-order valence-electron chi connectivity index (χ2n) is 11.2. The topological polar surface area (TPSA) is 154 Å². The van der Waals surface area contributed by atoms with Gasteiger partial charge in [-0.05, 0) is 75.6 Å². The number of anilines is 4. The van der Waals surface area contributed by atoms with E-state index in [9.17, 15) is 13.2 Å². The molecule has 2 saturated carbocycles. The fourth-order valence-electron chi connectivity index (χ4n) is 4.87. The second kappa shape index (κ2) is 13.3.